The highest BCUT2D eigenvalue weighted by atomic mass is 35.5. The molecule has 190 valence electrons. The van der Waals surface area contributed by atoms with Crippen molar-refractivity contribution >= 4 is 44.9 Å². The number of carbonyl (C=O) groups excluding carboxylic acids is 2. The fourth-order valence-electron chi connectivity index (χ4n) is 3.33. The number of rotatable bonds is 10. The molecule has 1 N–H and O–H groups in total. The number of aryl methyl sites for hydroxylation is 1. The van der Waals surface area contributed by atoms with Crippen molar-refractivity contribution in [3.05, 3.63) is 82.9 Å². The van der Waals surface area contributed by atoms with Crippen LogP contribution in [0.1, 0.15) is 29.8 Å². The predicted molar refractivity (Wildman–Crippen MR) is 139 cm³/mol. The van der Waals surface area contributed by atoms with Crippen LogP contribution >= 0.6 is 11.6 Å². The van der Waals surface area contributed by atoms with Gasteiger partial charge in [0, 0.05) is 5.69 Å². The maximum Gasteiger partial charge on any atom is 0.339 e. The summed E-state index contributed by atoms with van der Waals surface area (Å²) in [4.78, 5) is 25.0. The second kappa shape index (κ2) is 11.9. The molecule has 8 nitrogen and oxygen atoms in total. The molecule has 0 spiro atoms. The van der Waals surface area contributed by atoms with Crippen molar-refractivity contribution in [1.82, 2.24) is 0 Å². The van der Waals surface area contributed by atoms with Gasteiger partial charge in [0.25, 0.3) is 10.0 Å². The first-order chi connectivity index (χ1) is 17.1. The van der Waals surface area contributed by atoms with Crippen molar-refractivity contribution in [1.29, 1.82) is 0 Å². The van der Waals surface area contributed by atoms with Gasteiger partial charge in [0.2, 0.25) is 5.91 Å². The molecular formula is C26H27ClN2O6S. The molecule has 0 fully saturated rings. The number of hydrogen-bond donors (Lipinski definition) is 1. The molecule has 3 rings (SSSR count). The summed E-state index contributed by atoms with van der Waals surface area (Å²) >= 11 is 6.18. The normalized spacial score (nSPS) is 11.0. The van der Waals surface area contributed by atoms with Crippen LogP contribution in [0.25, 0.3) is 0 Å². The molecule has 1 amide bonds. The molecule has 0 unspecified atom stereocenters. The van der Waals surface area contributed by atoms with E-state index in [1.54, 1.807) is 43.3 Å². The number of esters is 1. The first-order valence-corrected chi connectivity index (χ1v) is 13.1. The zero-order chi connectivity index (χ0) is 26.3. The summed E-state index contributed by atoms with van der Waals surface area (Å²) in [6, 6.07) is 17.1. The van der Waals surface area contributed by atoms with Crippen LogP contribution in [-0.4, -0.2) is 40.1 Å². The van der Waals surface area contributed by atoms with Crippen LogP contribution in [0.3, 0.4) is 0 Å². The summed E-state index contributed by atoms with van der Waals surface area (Å²) in [7, 11) is -4.07. The van der Waals surface area contributed by atoms with Crippen molar-refractivity contribution in [3.63, 3.8) is 0 Å². The van der Waals surface area contributed by atoms with Gasteiger partial charge < -0.3 is 14.8 Å². The van der Waals surface area contributed by atoms with Crippen LogP contribution in [0.5, 0.6) is 5.75 Å². The number of ether oxygens (including phenoxy) is 2. The van der Waals surface area contributed by atoms with Crippen molar-refractivity contribution in [2.24, 2.45) is 0 Å². The first-order valence-electron chi connectivity index (χ1n) is 11.2. The smallest absolute Gasteiger partial charge is 0.339 e. The van der Waals surface area contributed by atoms with Crippen molar-refractivity contribution in [2.75, 3.05) is 29.4 Å². The molecule has 0 saturated heterocycles. The van der Waals surface area contributed by atoms with E-state index in [0.717, 1.165) is 9.87 Å². The standard InChI is InChI=1S/C26H27ClN2O6S/c1-4-34-21-11-9-20(10-12-21)29(36(32,33)22-13-6-18(3)7-14-22)17-25(30)28-19-8-15-23(24(27)16-19)26(31)35-5-2/h6-16H,4-5,17H2,1-3H3,(H,28,30). The van der Waals surface area contributed by atoms with Crippen molar-refractivity contribution in [3.8, 4) is 5.75 Å². The minimum atomic E-state index is -4.07. The third-order valence-electron chi connectivity index (χ3n) is 5.08. The zero-order valence-corrected chi connectivity index (χ0v) is 21.7. The molecule has 0 bridgehead atoms. The Kier molecular flexibility index (Phi) is 8.95. The van der Waals surface area contributed by atoms with Gasteiger partial charge in [0.1, 0.15) is 12.3 Å². The lowest BCUT2D eigenvalue weighted by Gasteiger charge is -2.24. The van der Waals surface area contributed by atoms with E-state index in [2.05, 4.69) is 5.32 Å². The van der Waals surface area contributed by atoms with Gasteiger partial charge in [-0.1, -0.05) is 29.3 Å². The van der Waals surface area contributed by atoms with Crippen LogP contribution in [0.2, 0.25) is 5.02 Å². The van der Waals surface area contributed by atoms with Crippen molar-refractivity contribution < 1.29 is 27.5 Å². The van der Waals surface area contributed by atoms with Crippen molar-refractivity contribution in [2.45, 2.75) is 25.7 Å². The molecule has 0 heterocycles. The van der Waals surface area contributed by atoms with Crippen LogP contribution < -0.4 is 14.4 Å². The van der Waals surface area contributed by atoms with E-state index in [9.17, 15) is 18.0 Å². The van der Waals surface area contributed by atoms with Gasteiger partial charge in [-0.2, -0.15) is 0 Å². The molecule has 0 saturated carbocycles. The van der Waals surface area contributed by atoms with Gasteiger partial charge in [-0.15, -0.1) is 0 Å². The quantitative estimate of drug-likeness (QED) is 0.368. The molecule has 0 aliphatic heterocycles. The van der Waals surface area contributed by atoms with Crippen LogP contribution in [-0.2, 0) is 19.6 Å². The third kappa shape index (κ3) is 6.56. The van der Waals surface area contributed by atoms with E-state index in [1.165, 1.54) is 30.3 Å². The Morgan fingerprint density at radius 2 is 1.61 bits per heavy atom. The maximum absolute atomic E-state index is 13.5. The fourth-order valence-corrected chi connectivity index (χ4v) is 5.00. The largest absolute Gasteiger partial charge is 0.494 e. The highest BCUT2D eigenvalue weighted by Crippen LogP contribution is 2.27. The Hall–Kier alpha value is -3.56. The molecule has 0 aliphatic carbocycles. The average Bonchev–Trinajstić information content (AvgIpc) is 2.84. The summed E-state index contributed by atoms with van der Waals surface area (Å²) in [5, 5.41) is 2.74. The second-order valence-corrected chi connectivity index (χ2v) is 9.98. The predicted octanol–water partition coefficient (Wildman–Crippen LogP) is 5.06. The number of hydrogen-bond acceptors (Lipinski definition) is 6. The molecule has 3 aromatic carbocycles. The van der Waals surface area contributed by atoms with Gasteiger partial charge in [-0.3, -0.25) is 9.10 Å². The lowest BCUT2D eigenvalue weighted by molar-refractivity contribution is -0.114. The van der Waals surface area contributed by atoms with E-state index in [4.69, 9.17) is 21.1 Å². The number of anilines is 2. The number of amides is 1. The van der Waals surface area contributed by atoms with Gasteiger partial charge in [-0.25, -0.2) is 13.2 Å². The van der Waals surface area contributed by atoms with Gasteiger partial charge in [0.15, 0.2) is 0 Å². The van der Waals surface area contributed by atoms with Crippen LogP contribution in [0, 0.1) is 6.92 Å². The molecule has 36 heavy (non-hydrogen) atoms. The number of nitrogens with one attached hydrogen (secondary N) is 1. The van der Waals surface area contributed by atoms with Gasteiger partial charge in [0.05, 0.1) is 34.4 Å². The van der Waals surface area contributed by atoms with E-state index in [1.807, 2.05) is 13.8 Å². The summed E-state index contributed by atoms with van der Waals surface area (Å²) in [6.45, 7) is 5.54. The monoisotopic (exact) mass is 530 g/mol. The summed E-state index contributed by atoms with van der Waals surface area (Å²) in [5.74, 6) is -0.597. The lowest BCUT2D eigenvalue weighted by atomic mass is 10.2. The third-order valence-corrected chi connectivity index (χ3v) is 7.18. The fraction of sp³-hybridized carbons (Fsp3) is 0.231. The van der Waals surface area contributed by atoms with E-state index >= 15 is 0 Å². The van der Waals surface area contributed by atoms with E-state index < -0.39 is 28.4 Å². The summed E-state index contributed by atoms with van der Waals surface area (Å²) in [5.41, 5.74) is 1.67. The Bertz CT molecular complexity index is 1330. The first kappa shape index (κ1) is 27.0. The second-order valence-electron chi connectivity index (χ2n) is 7.71. The Balaban J connectivity index is 1.88. The van der Waals surface area contributed by atoms with E-state index in [-0.39, 0.29) is 22.1 Å². The lowest BCUT2D eigenvalue weighted by Crippen LogP contribution is -2.38. The number of halogens is 1. The Morgan fingerprint density at radius 3 is 2.19 bits per heavy atom. The number of benzene rings is 3. The van der Waals surface area contributed by atoms with Crippen LogP contribution in [0.4, 0.5) is 11.4 Å². The topological polar surface area (TPSA) is 102 Å². The van der Waals surface area contributed by atoms with Crippen LogP contribution in [0.15, 0.2) is 71.6 Å². The molecule has 0 aromatic heterocycles. The zero-order valence-electron chi connectivity index (χ0n) is 20.2. The Morgan fingerprint density at radius 1 is 0.944 bits per heavy atom. The SMILES string of the molecule is CCOC(=O)c1ccc(NC(=O)CN(c2ccc(OCC)cc2)S(=O)(=O)c2ccc(C)cc2)cc1Cl. The summed E-state index contributed by atoms with van der Waals surface area (Å²) in [6.07, 6.45) is 0. The summed E-state index contributed by atoms with van der Waals surface area (Å²) < 4.78 is 38.5. The number of sulfonamides is 1. The van der Waals surface area contributed by atoms with Gasteiger partial charge >= 0.3 is 5.97 Å². The molecule has 3 aromatic rings. The average molecular weight is 531 g/mol. The Labute approximate surface area is 215 Å². The molecule has 0 atom stereocenters. The molecule has 10 heteroatoms. The molecule has 0 radical (unpaired) electrons. The molecule has 0 aliphatic rings. The highest BCUT2D eigenvalue weighted by molar-refractivity contribution is 7.92. The van der Waals surface area contributed by atoms with E-state index in [0.29, 0.717) is 23.7 Å². The van der Waals surface area contributed by atoms with Gasteiger partial charge in [-0.05, 0) is 75.4 Å². The maximum atomic E-state index is 13.5. The number of nitrogens with zero attached hydrogens (tertiary/aromatic N) is 1. The molecular weight excluding hydrogens is 504 g/mol. The minimum absolute atomic E-state index is 0.0524. The highest BCUT2D eigenvalue weighted by Gasteiger charge is 2.27. The number of carbonyl (C=O) groups is 2. The minimum Gasteiger partial charge on any atom is -0.494 e.